The minimum absolute atomic E-state index is 0.137. The average Bonchev–Trinajstić information content (AvgIpc) is 3.25. The summed E-state index contributed by atoms with van der Waals surface area (Å²) in [6.45, 7) is 4.93. The third-order valence-electron chi connectivity index (χ3n) is 5.22. The van der Waals surface area contributed by atoms with E-state index in [1.807, 2.05) is 58.5 Å². The molecule has 0 radical (unpaired) electrons. The van der Waals surface area contributed by atoms with E-state index < -0.39 is 0 Å². The fraction of sp³-hybridized carbons (Fsp3) is 0.421. The van der Waals surface area contributed by atoms with Crippen molar-refractivity contribution in [2.24, 2.45) is 7.05 Å². The minimum atomic E-state index is 0.137. The summed E-state index contributed by atoms with van der Waals surface area (Å²) in [5.41, 5.74) is 5.08. The van der Waals surface area contributed by atoms with Crippen LogP contribution in [0.4, 0.5) is 0 Å². The van der Waals surface area contributed by atoms with Crippen molar-refractivity contribution < 1.29 is 4.79 Å². The number of rotatable bonds is 3. The maximum atomic E-state index is 13.0. The molecule has 0 saturated carbocycles. The summed E-state index contributed by atoms with van der Waals surface area (Å²) in [4.78, 5) is 19.5. The van der Waals surface area contributed by atoms with Crippen LogP contribution in [-0.2, 0) is 18.3 Å². The van der Waals surface area contributed by atoms with Crippen LogP contribution in [0.15, 0.2) is 30.6 Å². The van der Waals surface area contributed by atoms with Crippen LogP contribution in [0.25, 0.3) is 5.65 Å². The zero-order valence-electron chi connectivity index (χ0n) is 14.9. The second kappa shape index (κ2) is 6.02. The highest BCUT2D eigenvalue weighted by molar-refractivity contribution is 5.79. The topological polar surface area (TPSA) is 55.4 Å². The summed E-state index contributed by atoms with van der Waals surface area (Å²) in [7, 11) is 1.96. The number of hydrogen-bond acceptors (Lipinski definition) is 3. The number of likely N-dealkylation sites (tertiary alicyclic amines) is 1. The third-order valence-corrected chi connectivity index (χ3v) is 5.22. The van der Waals surface area contributed by atoms with E-state index >= 15 is 0 Å². The molecule has 3 aromatic heterocycles. The van der Waals surface area contributed by atoms with Crippen LogP contribution >= 0.6 is 0 Å². The Morgan fingerprint density at radius 1 is 1.32 bits per heavy atom. The monoisotopic (exact) mass is 337 g/mol. The van der Waals surface area contributed by atoms with Gasteiger partial charge < -0.3 is 9.30 Å². The molecular formula is C19H23N5O. The zero-order chi connectivity index (χ0) is 17.6. The summed E-state index contributed by atoms with van der Waals surface area (Å²) in [5.74, 6) is 0.147. The summed E-state index contributed by atoms with van der Waals surface area (Å²) < 4.78 is 3.87. The molecule has 4 heterocycles. The number of pyridine rings is 1. The van der Waals surface area contributed by atoms with Gasteiger partial charge in [0.15, 0.2) is 0 Å². The van der Waals surface area contributed by atoms with E-state index in [0.717, 1.165) is 42.1 Å². The molecule has 4 rings (SSSR count). The second-order valence-corrected chi connectivity index (χ2v) is 6.83. The minimum Gasteiger partial charge on any atom is -0.335 e. The average molecular weight is 337 g/mol. The Morgan fingerprint density at radius 2 is 2.16 bits per heavy atom. The molecular weight excluding hydrogens is 314 g/mol. The quantitative estimate of drug-likeness (QED) is 0.738. The van der Waals surface area contributed by atoms with Crippen LogP contribution in [0, 0.1) is 13.8 Å². The molecule has 0 unspecified atom stereocenters. The Kier molecular flexibility index (Phi) is 3.82. The van der Waals surface area contributed by atoms with Crippen LogP contribution in [0.3, 0.4) is 0 Å². The fourth-order valence-electron chi connectivity index (χ4n) is 3.97. The number of aryl methyl sites for hydroxylation is 2. The van der Waals surface area contributed by atoms with Crippen molar-refractivity contribution in [3.63, 3.8) is 0 Å². The number of carbonyl (C=O) groups is 1. The highest BCUT2D eigenvalue weighted by Crippen LogP contribution is 2.35. The van der Waals surface area contributed by atoms with E-state index in [9.17, 15) is 4.79 Å². The van der Waals surface area contributed by atoms with E-state index in [1.54, 1.807) is 0 Å². The molecule has 0 N–H and O–H groups in total. The van der Waals surface area contributed by atoms with Gasteiger partial charge >= 0.3 is 0 Å². The van der Waals surface area contributed by atoms with Crippen LogP contribution < -0.4 is 0 Å². The van der Waals surface area contributed by atoms with Gasteiger partial charge in [-0.25, -0.2) is 4.98 Å². The first-order valence-electron chi connectivity index (χ1n) is 8.77. The van der Waals surface area contributed by atoms with Crippen LogP contribution in [0.2, 0.25) is 0 Å². The predicted molar refractivity (Wildman–Crippen MR) is 95.3 cm³/mol. The Morgan fingerprint density at radius 3 is 2.88 bits per heavy atom. The van der Waals surface area contributed by atoms with Gasteiger partial charge in [0.2, 0.25) is 5.91 Å². The summed E-state index contributed by atoms with van der Waals surface area (Å²) in [6.07, 6.45) is 6.28. The first-order valence-corrected chi connectivity index (χ1v) is 8.77. The van der Waals surface area contributed by atoms with Crippen molar-refractivity contribution >= 4 is 11.6 Å². The highest BCUT2D eigenvalue weighted by Gasteiger charge is 2.33. The molecule has 130 valence electrons. The van der Waals surface area contributed by atoms with Gasteiger partial charge in [-0.15, -0.1) is 0 Å². The molecule has 1 aliphatic rings. The van der Waals surface area contributed by atoms with Crippen molar-refractivity contribution in [3.8, 4) is 0 Å². The molecule has 6 heteroatoms. The van der Waals surface area contributed by atoms with Crippen molar-refractivity contribution in [2.75, 3.05) is 6.54 Å². The van der Waals surface area contributed by atoms with Crippen LogP contribution in [0.1, 0.15) is 41.5 Å². The van der Waals surface area contributed by atoms with Crippen LogP contribution in [0.5, 0.6) is 0 Å². The zero-order valence-corrected chi connectivity index (χ0v) is 14.9. The van der Waals surface area contributed by atoms with Crippen molar-refractivity contribution in [1.29, 1.82) is 0 Å². The van der Waals surface area contributed by atoms with E-state index in [-0.39, 0.29) is 11.9 Å². The first kappa shape index (κ1) is 15.9. The van der Waals surface area contributed by atoms with E-state index in [4.69, 9.17) is 0 Å². The Balaban J connectivity index is 1.58. The number of hydrogen-bond donors (Lipinski definition) is 0. The Bertz CT molecular complexity index is 906. The van der Waals surface area contributed by atoms with Gasteiger partial charge in [0.25, 0.3) is 0 Å². The number of imidazole rings is 1. The molecule has 0 aromatic carbocycles. The summed E-state index contributed by atoms with van der Waals surface area (Å²) in [6, 6.07) is 6.01. The van der Waals surface area contributed by atoms with E-state index in [1.165, 1.54) is 5.56 Å². The molecule has 1 aliphatic heterocycles. The molecule has 1 saturated heterocycles. The lowest BCUT2D eigenvalue weighted by atomic mass is 10.0. The van der Waals surface area contributed by atoms with Gasteiger partial charge in [0.05, 0.1) is 23.9 Å². The van der Waals surface area contributed by atoms with Gasteiger partial charge in [0.1, 0.15) is 5.65 Å². The fourth-order valence-corrected chi connectivity index (χ4v) is 3.97. The summed E-state index contributed by atoms with van der Waals surface area (Å²) >= 11 is 0. The second-order valence-electron chi connectivity index (χ2n) is 6.83. The Hall–Kier alpha value is -2.63. The molecule has 0 bridgehead atoms. The van der Waals surface area contributed by atoms with E-state index in [2.05, 4.69) is 17.0 Å². The largest absolute Gasteiger partial charge is 0.335 e. The maximum Gasteiger partial charge on any atom is 0.229 e. The van der Waals surface area contributed by atoms with Gasteiger partial charge in [-0.3, -0.25) is 9.48 Å². The molecule has 25 heavy (non-hydrogen) atoms. The third kappa shape index (κ3) is 2.71. The lowest BCUT2D eigenvalue weighted by Crippen LogP contribution is -2.32. The molecule has 3 aromatic rings. The van der Waals surface area contributed by atoms with Crippen molar-refractivity contribution in [3.05, 3.63) is 53.2 Å². The van der Waals surface area contributed by atoms with Crippen LogP contribution in [-0.4, -0.2) is 36.5 Å². The molecule has 1 amide bonds. The van der Waals surface area contributed by atoms with Gasteiger partial charge in [0, 0.05) is 37.2 Å². The number of carbonyl (C=O) groups excluding carboxylic acids is 1. The standard InChI is InChI=1S/C19H23N5O/c1-13-19(14(2)22(3)21-13)16-7-6-10-24(16)18(25)11-15-12-23-9-5-4-8-17(23)20-15/h4-5,8-9,12,16H,6-7,10-11H2,1-3H3/t16-/m0/s1. The van der Waals surface area contributed by atoms with Crippen molar-refractivity contribution in [1.82, 2.24) is 24.1 Å². The molecule has 0 aliphatic carbocycles. The molecule has 1 fully saturated rings. The highest BCUT2D eigenvalue weighted by atomic mass is 16.2. The molecule has 6 nitrogen and oxygen atoms in total. The molecule has 1 atom stereocenters. The maximum absolute atomic E-state index is 13.0. The van der Waals surface area contributed by atoms with E-state index in [0.29, 0.717) is 6.42 Å². The van der Waals surface area contributed by atoms with Gasteiger partial charge in [-0.2, -0.15) is 5.10 Å². The number of amides is 1. The number of nitrogens with zero attached hydrogens (tertiary/aromatic N) is 5. The van der Waals surface area contributed by atoms with Crippen molar-refractivity contribution in [2.45, 2.75) is 39.2 Å². The van der Waals surface area contributed by atoms with Gasteiger partial charge in [-0.05, 0) is 38.8 Å². The molecule has 0 spiro atoms. The lowest BCUT2D eigenvalue weighted by molar-refractivity contribution is -0.131. The smallest absolute Gasteiger partial charge is 0.229 e. The van der Waals surface area contributed by atoms with Gasteiger partial charge in [-0.1, -0.05) is 6.07 Å². The Labute approximate surface area is 147 Å². The number of fused-ring (bicyclic) bond motifs is 1. The predicted octanol–water partition coefficient (Wildman–Crippen LogP) is 2.59. The first-order chi connectivity index (χ1) is 12.0. The lowest BCUT2D eigenvalue weighted by Gasteiger charge is -2.25. The SMILES string of the molecule is Cc1nn(C)c(C)c1[C@@H]1CCCN1C(=O)Cc1cn2ccccc2n1. The summed E-state index contributed by atoms with van der Waals surface area (Å²) in [5, 5.41) is 4.52. The normalized spacial score (nSPS) is 17.6. The number of aromatic nitrogens is 4.